The van der Waals surface area contributed by atoms with Crippen LogP contribution in [0.25, 0.3) is 0 Å². The molecular formula is C23H29N3O3. The molecule has 2 aliphatic rings. The van der Waals surface area contributed by atoms with E-state index in [2.05, 4.69) is 33.3 Å². The van der Waals surface area contributed by atoms with Crippen molar-refractivity contribution in [1.82, 2.24) is 9.80 Å². The van der Waals surface area contributed by atoms with E-state index in [1.165, 1.54) is 5.56 Å². The molecule has 1 amide bonds. The number of anilines is 1. The average Bonchev–Trinajstić information content (AvgIpc) is 3.18. The number of aryl methyl sites for hydroxylation is 2. The molecule has 0 spiro atoms. The predicted molar refractivity (Wildman–Crippen MR) is 113 cm³/mol. The van der Waals surface area contributed by atoms with E-state index in [0.29, 0.717) is 13.2 Å². The number of nitrogens with one attached hydrogen (secondary N) is 1. The van der Waals surface area contributed by atoms with Crippen LogP contribution in [0.2, 0.25) is 0 Å². The molecule has 29 heavy (non-hydrogen) atoms. The molecule has 4 rings (SSSR count). The van der Waals surface area contributed by atoms with Crippen molar-refractivity contribution in [3.8, 4) is 11.5 Å². The number of rotatable bonds is 6. The minimum Gasteiger partial charge on any atom is -0.454 e. The maximum atomic E-state index is 12.3. The van der Waals surface area contributed by atoms with Crippen molar-refractivity contribution in [2.24, 2.45) is 0 Å². The molecule has 0 saturated carbocycles. The van der Waals surface area contributed by atoms with Gasteiger partial charge in [-0.25, -0.2) is 0 Å². The van der Waals surface area contributed by atoms with E-state index < -0.39 is 0 Å². The Bertz CT molecular complexity index is 876. The predicted octanol–water partition coefficient (Wildman–Crippen LogP) is 3.18. The lowest BCUT2D eigenvalue weighted by Crippen LogP contribution is -2.46. The van der Waals surface area contributed by atoms with Crippen LogP contribution in [0.4, 0.5) is 5.69 Å². The monoisotopic (exact) mass is 395 g/mol. The summed E-state index contributed by atoms with van der Waals surface area (Å²) in [6.07, 6.45) is 0.523. The van der Waals surface area contributed by atoms with Crippen LogP contribution in [0.15, 0.2) is 36.4 Å². The van der Waals surface area contributed by atoms with E-state index in [1.807, 2.05) is 32.0 Å². The Hall–Kier alpha value is -2.57. The van der Waals surface area contributed by atoms with Gasteiger partial charge in [0.1, 0.15) is 0 Å². The molecule has 1 N–H and O–H groups in total. The van der Waals surface area contributed by atoms with Crippen molar-refractivity contribution in [2.45, 2.75) is 26.8 Å². The fraction of sp³-hybridized carbons (Fsp3) is 0.435. The molecule has 6 heteroatoms. The molecule has 6 nitrogen and oxygen atoms in total. The molecule has 1 fully saturated rings. The van der Waals surface area contributed by atoms with Crippen LogP contribution in [-0.4, -0.2) is 55.2 Å². The van der Waals surface area contributed by atoms with Gasteiger partial charge in [0.2, 0.25) is 12.7 Å². The second-order valence-electron chi connectivity index (χ2n) is 7.92. The molecule has 2 heterocycles. The third-order valence-corrected chi connectivity index (χ3v) is 5.63. The zero-order valence-corrected chi connectivity index (χ0v) is 17.2. The van der Waals surface area contributed by atoms with Gasteiger partial charge in [-0.1, -0.05) is 18.2 Å². The number of piperazine rings is 1. The van der Waals surface area contributed by atoms with Crippen LogP contribution < -0.4 is 14.8 Å². The van der Waals surface area contributed by atoms with E-state index in [0.717, 1.165) is 67.6 Å². The number of carbonyl (C=O) groups excluding carboxylic acids is 1. The number of ether oxygens (including phenoxy) is 2. The number of benzene rings is 2. The SMILES string of the molecule is Cc1ccc(C)c(NC(=O)CCN2CCN(Cc3ccc4c(c3)OCO4)CC2)c1. The standard InChI is InChI=1S/C23H29N3O3/c1-17-3-4-18(2)20(13-17)24-23(27)7-8-25-9-11-26(12-10-25)15-19-5-6-21-22(14-19)29-16-28-21/h3-6,13-14H,7-12,15-16H2,1-2H3,(H,24,27). The molecule has 0 bridgehead atoms. The lowest BCUT2D eigenvalue weighted by Gasteiger charge is -2.34. The van der Waals surface area contributed by atoms with Crippen molar-refractivity contribution in [3.05, 3.63) is 53.1 Å². The molecule has 1 saturated heterocycles. The van der Waals surface area contributed by atoms with E-state index >= 15 is 0 Å². The normalized spacial score (nSPS) is 16.8. The second-order valence-corrected chi connectivity index (χ2v) is 7.92. The number of hydrogen-bond donors (Lipinski definition) is 1. The van der Waals surface area contributed by atoms with E-state index in [9.17, 15) is 4.79 Å². The van der Waals surface area contributed by atoms with Crippen LogP contribution in [-0.2, 0) is 11.3 Å². The van der Waals surface area contributed by atoms with Gasteiger partial charge < -0.3 is 19.7 Å². The van der Waals surface area contributed by atoms with E-state index in [1.54, 1.807) is 0 Å². The molecule has 0 radical (unpaired) electrons. The Kier molecular flexibility index (Phi) is 6.02. The molecule has 154 valence electrons. The lowest BCUT2D eigenvalue weighted by molar-refractivity contribution is -0.116. The summed E-state index contributed by atoms with van der Waals surface area (Å²) in [5.74, 6) is 1.76. The second kappa shape index (κ2) is 8.84. The van der Waals surface area contributed by atoms with Crippen LogP contribution in [0.3, 0.4) is 0 Å². The molecule has 2 aromatic carbocycles. The summed E-state index contributed by atoms with van der Waals surface area (Å²) in [5, 5.41) is 3.05. The van der Waals surface area contributed by atoms with Crippen LogP contribution in [0, 0.1) is 13.8 Å². The first kappa shape index (κ1) is 19.7. The molecule has 2 aromatic rings. The lowest BCUT2D eigenvalue weighted by atomic mass is 10.1. The largest absolute Gasteiger partial charge is 0.454 e. The highest BCUT2D eigenvalue weighted by Crippen LogP contribution is 2.32. The Labute approximate surface area is 172 Å². The van der Waals surface area contributed by atoms with Crippen molar-refractivity contribution in [2.75, 3.05) is 44.8 Å². The number of hydrogen-bond acceptors (Lipinski definition) is 5. The van der Waals surface area contributed by atoms with Gasteiger partial charge in [-0.15, -0.1) is 0 Å². The van der Waals surface area contributed by atoms with Gasteiger partial charge in [0, 0.05) is 51.4 Å². The van der Waals surface area contributed by atoms with Crippen LogP contribution >= 0.6 is 0 Å². The van der Waals surface area contributed by atoms with Gasteiger partial charge in [-0.3, -0.25) is 9.69 Å². The highest BCUT2D eigenvalue weighted by Gasteiger charge is 2.19. The number of carbonyl (C=O) groups is 1. The Morgan fingerprint density at radius 3 is 2.55 bits per heavy atom. The molecule has 0 unspecified atom stereocenters. The van der Waals surface area contributed by atoms with E-state index in [4.69, 9.17) is 9.47 Å². The number of nitrogens with zero attached hydrogens (tertiary/aromatic N) is 2. The third-order valence-electron chi connectivity index (χ3n) is 5.63. The first-order valence-corrected chi connectivity index (χ1v) is 10.3. The summed E-state index contributed by atoms with van der Waals surface area (Å²) in [4.78, 5) is 17.2. The zero-order valence-electron chi connectivity index (χ0n) is 17.2. The molecule has 0 atom stereocenters. The van der Waals surface area contributed by atoms with Crippen molar-refractivity contribution >= 4 is 11.6 Å². The first-order chi connectivity index (χ1) is 14.1. The summed E-state index contributed by atoms with van der Waals surface area (Å²) in [5.41, 5.74) is 4.42. The van der Waals surface area contributed by atoms with Gasteiger partial charge in [-0.2, -0.15) is 0 Å². The quantitative estimate of drug-likeness (QED) is 0.814. The molecular weight excluding hydrogens is 366 g/mol. The highest BCUT2D eigenvalue weighted by molar-refractivity contribution is 5.91. The van der Waals surface area contributed by atoms with Crippen molar-refractivity contribution in [1.29, 1.82) is 0 Å². The van der Waals surface area contributed by atoms with Gasteiger partial charge >= 0.3 is 0 Å². The van der Waals surface area contributed by atoms with Crippen LogP contribution in [0.5, 0.6) is 11.5 Å². The van der Waals surface area contributed by atoms with Gasteiger partial charge in [0.25, 0.3) is 0 Å². The fourth-order valence-corrected chi connectivity index (χ4v) is 3.81. The first-order valence-electron chi connectivity index (χ1n) is 10.3. The Morgan fingerprint density at radius 1 is 0.966 bits per heavy atom. The smallest absolute Gasteiger partial charge is 0.231 e. The minimum absolute atomic E-state index is 0.0847. The van der Waals surface area contributed by atoms with Crippen molar-refractivity contribution < 1.29 is 14.3 Å². The minimum atomic E-state index is 0.0847. The van der Waals surface area contributed by atoms with Gasteiger partial charge in [-0.05, 0) is 48.7 Å². The number of amides is 1. The third kappa shape index (κ3) is 5.08. The maximum absolute atomic E-state index is 12.3. The maximum Gasteiger partial charge on any atom is 0.231 e. The average molecular weight is 396 g/mol. The summed E-state index contributed by atoms with van der Waals surface area (Å²) >= 11 is 0. The van der Waals surface area contributed by atoms with Crippen LogP contribution in [0.1, 0.15) is 23.1 Å². The topological polar surface area (TPSA) is 54.0 Å². The van der Waals surface area contributed by atoms with Crippen molar-refractivity contribution in [3.63, 3.8) is 0 Å². The molecule has 0 aliphatic carbocycles. The summed E-state index contributed by atoms with van der Waals surface area (Å²) in [6, 6.07) is 12.3. The van der Waals surface area contributed by atoms with Gasteiger partial charge in [0.15, 0.2) is 11.5 Å². The number of fused-ring (bicyclic) bond motifs is 1. The fourth-order valence-electron chi connectivity index (χ4n) is 3.81. The Morgan fingerprint density at radius 2 is 1.72 bits per heavy atom. The zero-order chi connectivity index (χ0) is 20.2. The summed E-state index contributed by atoms with van der Waals surface area (Å²) in [6.45, 7) is 10.1. The van der Waals surface area contributed by atoms with Gasteiger partial charge in [0.05, 0.1) is 0 Å². The van der Waals surface area contributed by atoms with E-state index in [-0.39, 0.29) is 5.91 Å². The highest BCUT2D eigenvalue weighted by atomic mass is 16.7. The molecule has 0 aromatic heterocycles. The Balaban J connectivity index is 1.20. The summed E-state index contributed by atoms with van der Waals surface area (Å²) in [7, 11) is 0. The molecule has 2 aliphatic heterocycles. The summed E-state index contributed by atoms with van der Waals surface area (Å²) < 4.78 is 10.8.